The van der Waals surface area contributed by atoms with E-state index in [9.17, 15) is 4.79 Å². The Kier molecular flexibility index (Phi) is 8.10. The summed E-state index contributed by atoms with van der Waals surface area (Å²) in [5.74, 6) is 0.290. The van der Waals surface area contributed by atoms with Crippen LogP contribution in [-0.2, 0) is 6.42 Å². The van der Waals surface area contributed by atoms with Crippen molar-refractivity contribution in [1.82, 2.24) is 5.32 Å². The summed E-state index contributed by atoms with van der Waals surface area (Å²) in [6.45, 7) is 0.529. The molecule has 0 heterocycles. The number of nitrogens with one attached hydrogen (secondary N) is 2. The highest BCUT2D eigenvalue weighted by Crippen LogP contribution is 2.30. The molecule has 0 spiro atoms. The third-order valence-electron chi connectivity index (χ3n) is 4.11. The molecular weight excluding hydrogens is 507 g/mol. The monoisotopic (exact) mass is 522 g/mol. The molecule has 0 fully saturated rings. The van der Waals surface area contributed by atoms with Gasteiger partial charge >= 0.3 is 0 Å². The Morgan fingerprint density at radius 2 is 1.70 bits per heavy atom. The Morgan fingerprint density at radius 3 is 2.37 bits per heavy atom. The summed E-state index contributed by atoms with van der Waals surface area (Å²) < 4.78 is 6.49. The highest BCUT2D eigenvalue weighted by molar-refractivity contribution is 9.10. The largest absolute Gasteiger partial charge is 0.492 e. The van der Waals surface area contributed by atoms with Gasteiger partial charge < -0.3 is 10.1 Å². The lowest BCUT2D eigenvalue weighted by Gasteiger charge is -2.13. The van der Waals surface area contributed by atoms with Crippen LogP contribution in [0.3, 0.4) is 0 Å². The molecule has 0 unspecified atom stereocenters. The Bertz CT molecular complexity index is 1040. The molecule has 3 aromatic carbocycles. The number of ether oxygens (including phenoxy) is 1. The van der Waals surface area contributed by atoms with E-state index in [1.54, 1.807) is 36.4 Å². The molecule has 2 N–H and O–H groups in total. The third-order valence-corrected chi connectivity index (χ3v) is 5.57. The molecule has 0 bridgehead atoms. The smallest absolute Gasteiger partial charge is 0.257 e. The average molecular weight is 524 g/mol. The minimum absolute atomic E-state index is 0.0920. The second kappa shape index (κ2) is 10.8. The predicted molar refractivity (Wildman–Crippen MR) is 130 cm³/mol. The summed E-state index contributed by atoms with van der Waals surface area (Å²) >= 11 is 20.9. The van der Waals surface area contributed by atoms with E-state index in [0.29, 0.717) is 38.1 Å². The van der Waals surface area contributed by atoms with Gasteiger partial charge in [0.2, 0.25) is 0 Å². The van der Waals surface area contributed by atoms with Gasteiger partial charge in [-0.1, -0.05) is 59.6 Å². The molecule has 0 aliphatic carbocycles. The Labute approximate surface area is 198 Å². The van der Waals surface area contributed by atoms with Crippen molar-refractivity contribution >= 4 is 68.1 Å². The van der Waals surface area contributed by atoms with Crippen molar-refractivity contribution in [2.24, 2.45) is 0 Å². The Morgan fingerprint density at radius 1 is 1.00 bits per heavy atom. The first kappa shape index (κ1) is 22.6. The molecule has 0 aliphatic heterocycles. The maximum atomic E-state index is 12.5. The number of benzene rings is 3. The first-order valence-electron chi connectivity index (χ1n) is 8.96. The van der Waals surface area contributed by atoms with E-state index in [1.807, 2.05) is 18.2 Å². The van der Waals surface area contributed by atoms with Gasteiger partial charge in [-0.05, 0) is 64.0 Å². The number of hydrogen-bond donors (Lipinski definition) is 2. The molecule has 1 amide bonds. The molecular formula is C22H17BrCl2N2O2S. The van der Waals surface area contributed by atoms with Gasteiger partial charge in [0.15, 0.2) is 5.11 Å². The zero-order chi connectivity index (χ0) is 21.5. The van der Waals surface area contributed by atoms with Crippen molar-refractivity contribution in [3.63, 3.8) is 0 Å². The number of amides is 1. The second-order valence-electron chi connectivity index (χ2n) is 6.23. The van der Waals surface area contributed by atoms with E-state index in [2.05, 4.69) is 38.7 Å². The molecule has 3 aromatic rings. The molecule has 30 heavy (non-hydrogen) atoms. The number of halogens is 3. The summed E-state index contributed by atoms with van der Waals surface area (Å²) in [5.41, 5.74) is 2.06. The van der Waals surface area contributed by atoms with E-state index in [0.717, 1.165) is 6.42 Å². The van der Waals surface area contributed by atoms with Gasteiger partial charge in [0.25, 0.3) is 5.91 Å². The van der Waals surface area contributed by atoms with Crippen LogP contribution in [0, 0.1) is 0 Å². The third kappa shape index (κ3) is 6.19. The van der Waals surface area contributed by atoms with Crippen LogP contribution >= 0.6 is 51.3 Å². The first-order chi connectivity index (χ1) is 14.4. The van der Waals surface area contributed by atoms with E-state index in [-0.39, 0.29) is 11.0 Å². The number of carbonyl (C=O) groups excluding carboxylic acids is 1. The van der Waals surface area contributed by atoms with Crippen molar-refractivity contribution in [3.8, 4) is 5.75 Å². The van der Waals surface area contributed by atoms with E-state index in [1.165, 1.54) is 5.56 Å². The van der Waals surface area contributed by atoms with Crippen molar-refractivity contribution in [3.05, 3.63) is 92.4 Å². The van der Waals surface area contributed by atoms with Crippen LogP contribution in [0.4, 0.5) is 5.69 Å². The van der Waals surface area contributed by atoms with Crippen LogP contribution in [-0.4, -0.2) is 17.6 Å². The molecule has 0 saturated heterocycles. The fourth-order valence-corrected chi connectivity index (χ4v) is 3.80. The number of hydrogen-bond acceptors (Lipinski definition) is 3. The Hall–Kier alpha value is -2.12. The highest BCUT2D eigenvalue weighted by atomic mass is 79.9. The van der Waals surface area contributed by atoms with E-state index in [4.69, 9.17) is 40.2 Å². The number of anilines is 1. The summed E-state index contributed by atoms with van der Waals surface area (Å²) in [4.78, 5) is 12.5. The maximum absolute atomic E-state index is 12.5. The first-order valence-corrected chi connectivity index (χ1v) is 10.9. The standard InChI is InChI=1S/C22H17BrCl2N2O2S/c23-16-13-15(9-10-19(16)29-12-11-14-5-2-1-3-6-14)21(28)27-22(30)26-20-17(24)7-4-8-18(20)25/h1-10,13H,11-12H2,(H2,26,27,28,30). The minimum Gasteiger partial charge on any atom is -0.492 e. The Balaban J connectivity index is 1.57. The quantitative estimate of drug-likeness (QED) is 0.362. The average Bonchev–Trinajstić information content (AvgIpc) is 2.72. The normalized spacial score (nSPS) is 10.4. The number of rotatable bonds is 6. The topological polar surface area (TPSA) is 50.4 Å². The van der Waals surface area contributed by atoms with Crippen molar-refractivity contribution in [2.45, 2.75) is 6.42 Å². The van der Waals surface area contributed by atoms with Crippen LogP contribution < -0.4 is 15.4 Å². The van der Waals surface area contributed by atoms with Crippen LogP contribution in [0.5, 0.6) is 5.75 Å². The highest BCUT2D eigenvalue weighted by Gasteiger charge is 2.13. The van der Waals surface area contributed by atoms with Crippen molar-refractivity contribution in [2.75, 3.05) is 11.9 Å². The van der Waals surface area contributed by atoms with Gasteiger partial charge in [-0.15, -0.1) is 0 Å². The zero-order valence-corrected chi connectivity index (χ0v) is 19.5. The molecule has 0 atom stereocenters. The van der Waals surface area contributed by atoms with Gasteiger partial charge in [0.05, 0.1) is 26.8 Å². The fourth-order valence-electron chi connectivity index (χ4n) is 2.62. The second-order valence-corrected chi connectivity index (χ2v) is 8.31. The molecule has 4 nitrogen and oxygen atoms in total. The number of carbonyl (C=O) groups is 1. The lowest BCUT2D eigenvalue weighted by Crippen LogP contribution is -2.34. The van der Waals surface area contributed by atoms with Crippen LogP contribution in [0.25, 0.3) is 0 Å². The molecule has 8 heteroatoms. The fraction of sp³-hybridized carbons (Fsp3) is 0.0909. The maximum Gasteiger partial charge on any atom is 0.257 e. The number of thiocarbonyl (C=S) groups is 1. The molecule has 0 aliphatic rings. The summed E-state index contributed by atoms with van der Waals surface area (Å²) in [5, 5.41) is 6.36. The van der Waals surface area contributed by atoms with Gasteiger partial charge in [-0.3, -0.25) is 10.1 Å². The van der Waals surface area contributed by atoms with Crippen LogP contribution in [0.2, 0.25) is 10.0 Å². The van der Waals surface area contributed by atoms with Crippen LogP contribution in [0.1, 0.15) is 15.9 Å². The lowest BCUT2D eigenvalue weighted by molar-refractivity contribution is 0.0977. The van der Waals surface area contributed by atoms with Gasteiger partial charge in [0.1, 0.15) is 5.75 Å². The molecule has 0 saturated carbocycles. The predicted octanol–water partition coefficient (Wildman–Crippen LogP) is 6.50. The van der Waals surface area contributed by atoms with E-state index < -0.39 is 0 Å². The molecule has 3 rings (SSSR count). The summed E-state index contributed by atoms with van der Waals surface area (Å²) in [7, 11) is 0. The summed E-state index contributed by atoms with van der Waals surface area (Å²) in [6.07, 6.45) is 0.792. The summed E-state index contributed by atoms with van der Waals surface area (Å²) in [6, 6.07) is 20.2. The molecule has 154 valence electrons. The van der Waals surface area contributed by atoms with Crippen molar-refractivity contribution < 1.29 is 9.53 Å². The van der Waals surface area contributed by atoms with Gasteiger partial charge in [0, 0.05) is 12.0 Å². The molecule has 0 aromatic heterocycles. The van der Waals surface area contributed by atoms with Gasteiger partial charge in [-0.2, -0.15) is 0 Å². The molecule has 0 radical (unpaired) electrons. The van der Waals surface area contributed by atoms with Crippen LogP contribution in [0.15, 0.2) is 71.2 Å². The van der Waals surface area contributed by atoms with E-state index >= 15 is 0 Å². The SMILES string of the molecule is O=C(NC(=S)Nc1c(Cl)cccc1Cl)c1ccc(OCCc2ccccc2)c(Br)c1. The lowest BCUT2D eigenvalue weighted by atomic mass is 10.2. The van der Waals surface area contributed by atoms with Crippen molar-refractivity contribution in [1.29, 1.82) is 0 Å². The minimum atomic E-state index is -0.368. The number of para-hydroxylation sites is 1. The zero-order valence-electron chi connectivity index (χ0n) is 15.6. The van der Waals surface area contributed by atoms with Gasteiger partial charge in [-0.25, -0.2) is 0 Å².